The van der Waals surface area contributed by atoms with E-state index in [-0.39, 0.29) is 17.5 Å². The summed E-state index contributed by atoms with van der Waals surface area (Å²) in [5, 5.41) is 5.88. The Hall–Kier alpha value is -2.84. The van der Waals surface area contributed by atoms with E-state index in [0.29, 0.717) is 23.4 Å². The lowest BCUT2D eigenvalue weighted by atomic mass is 9.81. The molecular weight excluding hydrogens is 418 g/mol. The second-order valence-electron chi connectivity index (χ2n) is 9.65. The molecule has 2 amide bonds. The van der Waals surface area contributed by atoms with E-state index in [0.717, 1.165) is 50.5 Å². The van der Waals surface area contributed by atoms with Gasteiger partial charge in [0.15, 0.2) is 0 Å². The van der Waals surface area contributed by atoms with Crippen molar-refractivity contribution in [1.82, 2.24) is 14.4 Å². The number of pyridine rings is 1. The van der Waals surface area contributed by atoms with Gasteiger partial charge < -0.3 is 24.8 Å². The van der Waals surface area contributed by atoms with Crippen LogP contribution in [0.4, 0.5) is 16.2 Å². The number of hydrogen-bond acceptors (Lipinski definition) is 5. The number of carbonyl (C=O) groups excluding carboxylic acids is 1. The van der Waals surface area contributed by atoms with Gasteiger partial charge in [-0.25, -0.2) is 4.79 Å². The summed E-state index contributed by atoms with van der Waals surface area (Å²) in [4.78, 5) is 30.6. The maximum Gasteiger partial charge on any atom is 0.323 e. The molecule has 2 atom stereocenters. The van der Waals surface area contributed by atoms with E-state index < -0.39 is 0 Å². The number of urea groups is 1. The number of nitrogens with one attached hydrogen (secondary N) is 2. The van der Waals surface area contributed by atoms with E-state index in [2.05, 4.69) is 27.5 Å². The summed E-state index contributed by atoms with van der Waals surface area (Å²) in [7, 11) is 3.77. The lowest BCUT2D eigenvalue weighted by molar-refractivity contribution is 0.0519. The number of hydrogen-bond donors (Lipinski definition) is 2. The number of rotatable bonds is 4. The van der Waals surface area contributed by atoms with Crippen LogP contribution in [-0.4, -0.2) is 66.8 Å². The molecular formula is C25H33N5O3. The third kappa shape index (κ3) is 4.50. The summed E-state index contributed by atoms with van der Waals surface area (Å²) < 4.78 is 7.23. The summed E-state index contributed by atoms with van der Waals surface area (Å²) in [5.41, 5.74) is 2.30. The minimum atomic E-state index is -0.342. The molecule has 0 radical (unpaired) electrons. The number of methoxy groups -OCH3 is 1. The molecule has 0 unspecified atom stereocenters. The highest BCUT2D eigenvalue weighted by atomic mass is 16.5. The van der Waals surface area contributed by atoms with Crippen molar-refractivity contribution < 1.29 is 9.53 Å². The molecule has 4 heterocycles. The van der Waals surface area contributed by atoms with Crippen molar-refractivity contribution in [3.05, 3.63) is 52.4 Å². The molecule has 2 saturated heterocycles. The number of likely N-dealkylation sites (tertiary alicyclic amines) is 2. The van der Waals surface area contributed by atoms with E-state index in [1.807, 2.05) is 16.7 Å². The standard InChI is InChI=1S/C25H33N5O3/c1-28-11-9-19(10-12-28)29-14-17-13-18(16-29)24-21(7-8-23(31)30(24)15-17)27-25(32)26-20-5-3-4-6-22(20)33-2/h3-8,17-19H,9-16H2,1-2H3,(H2,26,27,32)/t17-,18+/m0/s1. The van der Waals surface area contributed by atoms with Crippen molar-refractivity contribution in [2.24, 2.45) is 5.92 Å². The summed E-state index contributed by atoms with van der Waals surface area (Å²) in [6, 6.07) is 10.9. The second kappa shape index (κ2) is 9.19. The predicted octanol–water partition coefficient (Wildman–Crippen LogP) is 3.01. The zero-order chi connectivity index (χ0) is 22.9. The molecule has 0 saturated carbocycles. The van der Waals surface area contributed by atoms with Crippen LogP contribution in [0.5, 0.6) is 5.75 Å². The first-order chi connectivity index (χ1) is 16.0. The average molecular weight is 452 g/mol. The predicted molar refractivity (Wildman–Crippen MR) is 129 cm³/mol. The molecule has 176 valence electrons. The molecule has 1 aromatic heterocycles. The Kier molecular flexibility index (Phi) is 6.12. The highest BCUT2D eigenvalue weighted by Gasteiger charge is 2.39. The van der Waals surface area contributed by atoms with Gasteiger partial charge in [-0.3, -0.25) is 9.69 Å². The molecule has 2 N–H and O–H groups in total. The third-order valence-electron chi connectivity index (χ3n) is 7.43. The van der Waals surface area contributed by atoms with Gasteiger partial charge in [0.1, 0.15) is 5.75 Å². The van der Waals surface area contributed by atoms with Crippen molar-refractivity contribution in [2.45, 2.75) is 37.8 Å². The number of para-hydroxylation sites is 2. The first kappa shape index (κ1) is 22.0. The van der Waals surface area contributed by atoms with Gasteiger partial charge in [-0.05, 0) is 63.5 Å². The van der Waals surface area contributed by atoms with Crippen LogP contribution in [0.1, 0.15) is 30.9 Å². The van der Waals surface area contributed by atoms with Crippen LogP contribution in [0, 0.1) is 5.92 Å². The summed E-state index contributed by atoms with van der Waals surface area (Å²) in [5.74, 6) is 1.32. The second-order valence-corrected chi connectivity index (χ2v) is 9.65. The Morgan fingerprint density at radius 2 is 1.76 bits per heavy atom. The highest BCUT2D eigenvalue weighted by molar-refractivity contribution is 6.01. The molecule has 1 aromatic carbocycles. The lowest BCUT2D eigenvalue weighted by Gasteiger charge is -2.47. The minimum Gasteiger partial charge on any atom is -0.495 e. The lowest BCUT2D eigenvalue weighted by Crippen LogP contribution is -2.53. The van der Waals surface area contributed by atoms with Gasteiger partial charge in [0.05, 0.1) is 18.5 Å². The Morgan fingerprint density at radius 3 is 2.55 bits per heavy atom. The van der Waals surface area contributed by atoms with Gasteiger partial charge in [0.2, 0.25) is 0 Å². The number of benzene rings is 1. The molecule has 33 heavy (non-hydrogen) atoms. The topological polar surface area (TPSA) is 78.8 Å². The molecule has 8 heteroatoms. The van der Waals surface area contributed by atoms with Crippen LogP contribution in [-0.2, 0) is 6.54 Å². The van der Waals surface area contributed by atoms with Crippen LogP contribution in [0.25, 0.3) is 0 Å². The number of nitrogens with zero attached hydrogens (tertiary/aromatic N) is 3. The van der Waals surface area contributed by atoms with Crippen molar-refractivity contribution >= 4 is 17.4 Å². The van der Waals surface area contributed by atoms with Crippen molar-refractivity contribution in [3.63, 3.8) is 0 Å². The normalized spacial score (nSPS) is 23.6. The first-order valence-electron chi connectivity index (χ1n) is 11.9. The maximum atomic E-state index is 12.9. The summed E-state index contributed by atoms with van der Waals surface area (Å²) >= 11 is 0. The number of fused-ring (bicyclic) bond motifs is 4. The number of anilines is 2. The largest absolute Gasteiger partial charge is 0.495 e. The fourth-order valence-corrected chi connectivity index (χ4v) is 5.84. The zero-order valence-corrected chi connectivity index (χ0v) is 19.4. The van der Waals surface area contributed by atoms with E-state index in [4.69, 9.17) is 4.74 Å². The third-order valence-corrected chi connectivity index (χ3v) is 7.43. The van der Waals surface area contributed by atoms with Gasteiger partial charge in [0.25, 0.3) is 5.56 Å². The van der Waals surface area contributed by atoms with Crippen LogP contribution in [0.3, 0.4) is 0 Å². The number of aromatic nitrogens is 1. The van der Waals surface area contributed by atoms with Crippen LogP contribution >= 0.6 is 0 Å². The molecule has 3 aliphatic rings. The monoisotopic (exact) mass is 451 g/mol. The SMILES string of the molecule is COc1ccccc1NC(=O)Nc1ccc(=O)n2c1[C@@H]1C[C@@H](CN(C3CCN(C)CC3)C1)C2. The molecule has 2 bridgehead atoms. The van der Waals surface area contributed by atoms with Crippen LogP contribution in [0.2, 0.25) is 0 Å². The van der Waals surface area contributed by atoms with Crippen molar-refractivity contribution in [2.75, 3.05) is 51.0 Å². The van der Waals surface area contributed by atoms with Crippen LogP contribution in [0.15, 0.2) is 41.2 Å². The summed E-state index contributed by atoms with van der Waals surface area (Å²) in [6.07, 6.45) is 3.46. The Bertz CT molecular complexity index is 1080. The van der Waals surface area contributed by atoms with Crippen LogP contribution < -0.4 is 20.9 Å². The van der Waals surface area contributed by atoms with E-state index in [1.54, 1.807) is 31.4 Å². The molecule has 3 aliphatic heterocycles. The van der Waals surface area contributed by atoms with Gasteiger partial charge in [-0.2, -0.15) is 0 Å². The molecule has 2 aromatic rings. The number of ether oxygens (including phenoxy) is 1. The number of carbonyl (C=O) groups is 1. The number of piperidine rings is 2. The fraction of sp³-hybridized carbons (Fsp3) is 0.520. The van der Waals surface area contributed by atoms with Crippen molar-refractivity contribution in [3.8, 4) is 5.75 Å². The smallest absolute Gasteiger partial charge is 0.323 e. The molecule has 5 rings (SSSR count). The molecule has 0 aliphatic carbocycles. The molecule has 2 fully saturated rings. The first-order valence-corrected chi connectivity index (χ1v) is 11.9. The Balaban J connectivity index is 1.37. The van der Waals surface area contributed by atoms with E-state index in [1.165, 1.54) is 12.8 Å². The zero-order valence-electron chi connectivity index (χ0n) is 19.4. The minimum absolute atomic E-state index is 0.0168. The average Bonchev–Trinajstić information content (AvgIpc) is 2.81. The van der Waals surface area contributed by atoms with Gasteiger partial charge in [0, 0.05) is 43.4 Å². The molecule has 0 spiro atoms. The highest BCUT2D eigenvalue weighted by Crippen LogP contribution is 2.40. The Labute approximate surface area is 194 Å². The Morgan fingerprint density at radius 1 is 1.00 bits per heavy atom. The van der Waals surface area contributed by atoms with Gasteiger partial charge >= 0.3 is 6.03 Å². The molecule has 8 nitrogen and oxygen atoms in total. The van der Waals surface area contributed by atoms with Gasteiger partial charge in [-0.1, -0.05) is 12.1 Å². The summed E-state index contributed by atoms with van der Waals surface area (Å²) in [6.45, 7) is 5.00. The maximum absolute atomic E-state index is 12.9. The van der Waals surface area contributed by atoms with Gasteiger partial charge in [-0.15, -0.1) is 0 Å². The fourth-order valence-electron chi connectivity index (χ4n) is 5.84. The quantitative estimate of drug-likeness (QED) is 0.747. The number of amides is 2. The van der Waals surface area contributed by atoms with E-state index >= 15 is 0 Å². The van der Waals surface area contributed by atoms with Crippen molar-refractivity contribution in [1.29, 1.82) is 0 Å². The van der Waals surface area contributed by atoms with E-state index in [9.17, 15) is 9.59 Å².